The number of nitrogens with one attached hydrogen (secondary N) is 1. The third-order valence-corrected chi connectivity index (χ3v) is 5.68. The molecule has 0 spiro atoms. The van der Waals surface area contributed by atoms with E-state index in [2.05, 4.69) is 10.5 Å². The topological polar surface area (TPSA) is 101 Å². The minimum Gasteiger partial charge on any atom is -0.465 e. The first kappa shape index (κ1) is 23.9. The van der Waals surface area contributed by atoms with Gasteiger partial charge in [-0.3, -0.25) is 4.79 Å². The van der Waals surface area contributed by atoms with Crippen LogP contribution in [0.15, 0.2) is 101 Å². The second-order valence-electron chi connectivity index (χ2n) is 7.53. The van der Waals surface area contributed by atoms with Gasteiger partial charge in [0.25, 0.3) is 5.91 Å². The number of methoxy groups -OCH3 is 1. The van der Waals surface area contributed by atoms with Crippen LogP contribution in [0, 0.1) is 0 Å². The normalized spacial score (nSPS) is 11.4. The van der Waals surface area contributed by atoms with Crippen LogP contribution in [-0.2, 0) is 15.1 Å². The Balaban J connectivity index is 1.55. The van der Waals surface area contributed by atoms with Crippen molar-refractivity contribution < 1.29 is 23.8 Å². The average Bonchev–Trinajstić information content (AvgIpc) is 3.37. The van der Waals surface area contributed by atoms with Crippen molar-refractivity contribution in [2.24, 2.45) is 5.10 Å². The first-order chi connectivity index (χ1) is 16.9. The van der Waals surface area contributed by atoms with Crippen molar-refractivity contribution in [3.05, 3.63) is 118 Å². The van der Waals surface area contributed by atoms with Crippen LogP contribution in [0.2, 0.25) is 5.02 Å². The lowest BCUT2D eigenvalue weighted by molar-refractivity contribution is -0.136. The number of hydrogen-bond acceptors (Lipinski definition) is 6. The molecular formula is C27H21ClN2O5. The number of hydrazone groups is 1. The van der Waals surface area contributed by atoms with Gasteiger partial charge in [0.1, 0.15) is 11.5 Å². The molecule has 0 saturated heterocycles. The Morgan fingerprint density at radius 2 is 1.60 bits per heavy atom. The monoisotopic (exact) mass is 488 g/mol. The Labute approximate surface area is 206 Å². The lowest BCUT2D eigenvalue weighted by Crippen LogP contribution is -2.43. The van der Waals surface area contributed by atoms with Crippen molar-refractivity contribution in [2.45, 2.75) is 5.60 Å². The van der Waals surface area contributed by atoms with Crippen molar-refractivity contribution >= 4 is 29.7 Å². The molecule has 0 radical (unpaired) electrons. The number of benzene rings is 3. The summed E-state index contributed by atoms with van der Waals surface area (Å²) in [4.78, 5) is 24.9. The molecule has 7 nitrogen and oxygen atoms in total. The predicted octanol–water partition coefficient (Wildman–Crippen LogP) is 4.77. The van der Waals surface area contributed by atoms with E-state index < -0.39 is 17.5 Å². The molecule has 4 aromatic rings. The smallest absolute Gasteiger partial charge is 0.337 e. The summed E-state index contributed by atoms with van der Waals surface area (Å²) in [5, 5.41) is 15.8. The lowest BCUT2D eigenvalue weighted by atomic mass is 9.85. The van der Waals surface area contributed by atoms with E-state index in [-0.39, 0.29) is 0 Å². The molecule has 0 unspecified atom stereocenters. The standard InChI is InChI=1S/C27H21ClN2O5/c1-34-25(31)18-12-14-23(28)22(16-18)24-15-13-21(35-24)17-29-30-26(32)27(33,19-8-4-2-5-9-19)20-10-6-3-7-11-20/h2-17,33H,1H3,(H,30,32)/b29-17+. The van der Waals surface area contributed by atoms with Crippen LogP contribution < -0.4 is 5.43 Å². The number of carbonyl (C=O) groups excluding carboxylic acids is 2. The number of ether oxygens (including phenoxy) is 1. The highest BCUT2D eigenvalue weighted by Gasteiger charge is 2.39. The number of rotatable bonds is 7. The molecule has 176 valence electrons. The van der Waals surface area contributed by atoms with Crippen LogP contribution in [0.3, 0.4) is 0 Å². The average molecular weight is 489 g/mol. The minimum absolute atomic E-state index is 0.322. The first-order valence-corrected chi connectivity index (χ1v) is 11.0. The molecule has 0 bridgehead atoms. The minimum atomic E-state index is -1.95. The quantitative estimate of drug-likeness (QED) is 0.221. The number of furan rings is 1. The van der Waals surface area contributed by atoms with Crippen LogP contribution in [0.25, 0.3) is 11.3 Å². The number of aliphatic hydroxyl groups is 1. The molecule has 0 fully saturated rings. The molecule has 0 aliphatic heterocycles. The highest BCUT2D eigenvalue weighted by atomic mass is 35.5. The molecule has 4 rings (SSSR count). The fraction of sp³-hybridized carbons (Fsp3) is 0.0741. The van der Waals surface area contributed by atoms with Gasteiger partial charge in [0.05, 0.1) is 23.9 Å². The van der Waals surface area contributed by atoms with E-state index in [1.807, 2.05) is 0 Å². The van der Waals surface area contributed by atoms with Gasteiger partial charge >= 0.3 is 5.97 Å². The van der Waals surface area contributed by atoms with Gasteiger partial charge in [-0.05, 0) is 41.5 Å². The molecule has 0 saturated carbocycles. The number of carbonyl (C=O) groups is 2. The Kier molecular flexibility index (Phi) is 7.10. The zero-order valence-electron chi connectivity index (χ0n) is 18.6. The van der Waals surface area contributed by atoms with Gasteiger partial charge in [0.15, 0.2) is 5.60 Å². The molecule has 0 aliphatic rings. The number of esters is 1. The molecule has 0 atom stereocenters. The molecule has 1 heterocycles. The maximum atomic E-state index is 13.1. The summed E-state index contributed by atoms with van der Waals surface area (Å²) >= 11 is 6.27. The predicted molar refractivity (Wildman–Crippen MR) is 132 cm³/mol. The number of nitrogens with zero attached hydrogens (tertiary/aromatic N) is 1. The number of hydrogen-bond donors (Lipinski definition) is 2. The zero-order chi connectivity index (χ0) is 24.8. The largest absolute Gasteiger partial charge is 0.465 e. The first-order valence-electron chi connectivity index (χ1n) is 10.6. The van der Waals surface area contributed by atoms with E-state index >= 15 is 0 Å². The van der Waals surface area contributed by atoms with Crippen LogP contribution in [-0.4, -0.2) is 30.3 Å². The van der Waals surface area contributed by atoms with E-state index in [0.29, 0.717) is 38.8 Å². The maximum Gasteiger partial charge on any atom is 0.337 e. The van der Waals surface area contributed by atoms with Crippen LogP contribution in [0.4, 0.5) is 0 Å². The summed E-state index contributed by atoms with van der Waals surface area (Å²) in [7, 11) is 1.29. The van der Waals surface area contributed by atoms with E-state index in [0.717, 1.165) is 0 Å². The molecule has 0 aliphatic carbocycles. The van der Waals surface area contributed by atoms with Gasteiger partial charge in [-0.1, -0.05) is 72.3 Å². The number of amides is 1. The Bertz CT molecular complexity index is 1330. The fourth-order valence-electron chi connectivity index (χ4n) is 3.55. The molecule has 1 amide bonds. The lowest BCUT2D eigenvalue weighted by Gasteiger charge is -2.26. The van der Waals surface area contributed by atoms with Crippen molar-refractivity contribution in [3.63, 3.8) is 0 Å². The molecule has 8 heteroatoms. The summed E-state index contributed by atoms with van der Waals surface area (Å²) in [5.41, 5.74) is 2.08. The van der Waals surface area contributed by atoms with Crippen LogP contribution in [0.5, 0.6) is 0 Å². The SMILES string of the molecule is COC(=O)c1ccc(Cl)c(-c2ccc(/C=N/NC(=O)C(O)(c3ccccc3)c3ccccc3)o2)c1. The zero-order valence-corrected chi connectivity index (χ0v) is 19.4. The third kappa shape index (κ3) is 5.01. The summed E-state index contributed by atoms with van der Waals surface area (Å²) in [6, 6.07) is 25.2. The summed E-state index contributed by atoms with van der Waals surface area (Å²) in [6.07, 6.45) is 1.30. The second kappa shape index (κ2) is 10.4. The van der Waals surface area contributed by atoms with Crippen molar-refractivity contribution in [1.29, 1.82) is 0 Å². The van der Waals surface area contributed by atoms with Gasteiger partial charge in [-0.25, -0.2) is 10.2 Å². The number of halogens is 1. The summed E-state index contributed by atoms with van der Waals surface area (Å²) in [6.45, 7) is 0. The fourth-order valence-corrected chi connectivity index (χ4v) is 3.76. The Morgan fingerprint density at radius 3 is 2.20 bits per heavy atom. The van der Waals surface area contributed by atoms with Gasteiger partial charge in [0, 0.05) is 5.56 Å². The second-order valence-corrected chi connectivity index (χ2v) is 7.94. The van der Waals surface area contributed by atoms with Crippen LogP contribution >= 0.6 is 11.6 Å². The highest BCUT2D eigenvalue weighted by Crippen LogP contribution is 2.31. The van der Waals surface area contributed by atoms with E-state index in [1.165, 1.54) is 13.3 Å². The summed E-state index contributed by atoms with van der Waals surface area (Å²) in [5.74, 6) is -0.503. The van der Waals surface area contributed by atoms with E-state index in [9.17, 15) is 14.7 Å². The summed E-state index contributed by atoms with van der Waals surface area (Å²) < 4.78 is 10.5. The van der Waals surface area contributed by atoms with Gasteiger partial charge < -0.3 is 14.3 Å². The van der Waals surface area contributed by atoms with Gasteiger partial charge in [0.2, 0.25) is 0 Å². The van der Waals surface area contributed by atoms with Crippen molar-refractivity contribution in [1.82, 2.24) is 5.43 Å². The van der Waals surface area contributed by atoms with Crippen molar-refractivity contribution in [3.8, 4) is 11.3 Å². The Morgan fingerprint density at radius 1 is 0.971 bits per heavy atom. The molecule has 1 aromatic heterocycles. The molecule has 35 heavy (non-hydrogen) atoms. The molecule has 2 N–H and O–H groups in total. The highest BCUT2D eigenvalue weighted by molar-refractivity contribution is 6.33. The molecule has 3 aromatic carbocycles. The van der Waals surface area contributed by atoms with Gasteiger partial charge in [-0.2, -0.15) is 5.10 Å². The van der Waals surface area contributed by atoms with Gasteiger partial charge in [-0.15, -0.1) is 0 Å². The third-order valence-electron chi connectivity index (χ3n) is 5.35. The van der Waals surface area contributed by atoms with Crippen LogP contribution in [0.1, 0.15) is 27.2 Å². The van der Waals surface area contributed by atoms with Crippen molar-refractivity contribution in [2.75, 3.05) is 7.11 Å². The van der Waals surface area contributed by atoms with E-state index in [4.69, 9.17) is 20.8 Å². The maximum absolute atomic E-state index is 13.1. The molecular weight excluding hydrogens is 468 g/mol. The van der Waals surface area contributed by atoms with E-state index in [1.54, 1.807) is 91.0 Å². The Hall–Kier alpha value is -4.20.